The summed E-state index contributed by atoms with van der Waals surface area (Å²) in [5.41, 5.74) is 0. The molecule has 0 aliphatic heterocycles. The lowest BCUT2D eigenvalue weighted by Crippen LogP contribution is -1.68. The highest BCUT2D eigenvalue weighted by molar-refractivity contribution is 5.65. The van der Waals surface area contributed by atoms with E-state index in [0.717, 1.165) is 12.8 Å². The van der Waals surface area contributed by atoms with Crippen molar-refractivity contribution in [2.24, 2.45) is 0 Å². The molecule has 1 nitrogen and oxygen atoms in total. The summed E-state index contributed by atoms with van der Waals surface area (Å²) in [7, 11) is 0. The average molecular weight is 165 g/mol. The largest absolute Gasteiger partial charge is 0.286 e. The third-order valence-electron chi connectivity index (χ3n) is 1.58. The molecule has 1 heteroatoms. The van der Waals surface area contributed by atoms with E-state index in [1.165, 1.54) is 25.3 Å². The molecule has 0 amide bonds. The molecule has 0 aromatic rings. The first-order valence-corrected chi connectivity index (χ1v) is 4.59. The van der Waals surface area contributed by atoms with Gasteiger partial charge in [0, 0.05) is 0 Å². The molecular weight excluding hydrogens is 148 g/mol. The molecular formula is C11H17O. The summed E-state index contributed by atoms with van der Waals surface area (Å²) in [5.74, 6) is 0. The SMILES string of the molecule is CCCCC=CCCC=C[C]=O. The van der Waals surface area contributed by atoms with E-state index in [4.69, 9.17) is 0 Å². The van der Waals surface area contributed by atoms with Crippen LogP contribution in [0.15, 0.2) is 24.3 Å². The van der Waals surface area contributed by atoms with Crippen molar-refractivity contribution in [1.29, 1.82) is 0 Å². The van der Waals surface area contributed by atoms with E-state index < -0.39 is 0 Å². The third kappa shape index (κ3) is 9.15. The van der Waals surface area contributed by atoms with E-state index in [2.05, 4.69) is 19.1 Å². The molecule has 0 heterocycles. The highest BCUT2D eigenvalue weighted by Gasteiger charge is 1.78. The molecule has 0 aliphatic rings. The Morgan fingerprint density at radius 3 is 2.42 bits per heavy atom. The van der Waals surface area contributed by atoms with Gasteiger partial charge in [0.2, 0.25) is 6.29 Å². The summed E-state index contributed by atoms with van der Waals surface area (Å²) in [6, 6.07) is 0. The van der Waals surface area contributed by atoms with Gasteiger partial charge < -0.3 is 0 Å². The number of unbranched alkanes of at least 4 members (excludes halogenated alkanes) is 3. The highest BCUT2D eigenvalue weighted by atomic mass is 16.1. The van der Waals surface area contributed by atoms with Gasteiger partial charge in [-0.1, -0.05) is 38.0 Å². The van der Waals surface area contributed by atoms with Crippen LogP contribution < -0.4 is 0 Å². The lowest BCUT2D eigenvalue weighted by atomic mass is 10.2. The van der Waals surface area contributed by atoms with Crippen LogP contribution >= 0.6 is 0 Å². The Kier molecular flexibility index (Phi) is 9.43. The standard InChI is InChI=1S/C11H17O/c1-2-3-4-5-6-7-8-9-10-11-12/h5-6,9-10H,2-4,7-8H2,1H3. The molecule has 0 unspecified atom stereocenters. The molecule has 0 N–H and O–H groups in total. The van der Waals surface area contributed by atoms with Gasteiger partial charge in [-0.3, -0.25) is 4.79 Å². The predicted molar refractivity (Wildman–Crippen MR) is 52.7 cm³/mol. The Morgan fingerprint density at radius 1 is 1.08 bits per heavy atom. The van der Waals surface area contributed by atoms with Crippen molar-refractivity contribution in [2.75, 3.05) is 0 Å². The normalized spacial score (nSPS) is 11.4. The Labute approximate surface area is 75.2 Å². The van der Waals surface area contributed by atoms with Crippen LogP contribution in [0.3, 0.4) is 0 Å². The van der Waals surface area contributed by atoms with E-state index >= 15 is 0 Å². The van der Waals surface area contributed by atoms with Gasteiger partial charge in [0.05, 0.1) is 0 Å². The Morgan fingerprint density at radius 2 is 1.75 bits per heavy atom. The fourth-order valence-corrected chi connectivity index (χ4v) is 0.882. The first-order chi connectivity index (χ1) is 5.91. The van der Waals surface area contributed by atoms with Gasteiger partial charge in [0.25, 0.3) is 0 Å². The van der Waals surface area contributed by atoms with Crippen LogP contribution in [-0.2, 0) is 4.79 Å². The van der Waals surface area contributed by atoms with E-state index in [1.807, 2.05) is 6.08 Å². The molecule has 0 spiro atoms. The first kappa shape index (κ1) is 11.2. The zero-order valence-corrected chi connectivity index (χ0v) is 7.75. The highest BCUT2D eigenvalue weighted by Crippen LogP contribution is 1.98. The van der Waals surface area contributed by atoms with Gasteiger partial charge in [0.1, 0.15) is 0 Å². The summed E-state index contributed by atoms with van der Waals surface area (Å²) in [6.07, 6.45) is 15.1. The van der Waals surface area contributed by atoms with Gasteiger partial charge >= 0.3 is 0 Å². The Hall–Kier alpha value is -0.850. The van der Waals surface area contributed by atoms with Crippen LogP contribution in [0, 0.1) is 0 Å². The number of allylic oxidation sites excluding steroid dienone is 4. The molecule has 0 saturated heterocycles. The summed E-state index contributed by atoms with van der Waals surface area (Å²) in [5, 5.41) is 0. The maximum atomic E-state index is 9.75. The van der Waals surface area contributed by atoms with Crippen molar-refractivity contribution in [3.63, 3.8) is 0 Å². The lowest BCUT2D eigenvalue weighted by Gasteiger charge is -1.88. The molecule has 0 saturated carbocycles. The number of rotatable bonds is 7. The van der Waals surface area contributed by atoms with Crippen molar-refractivity contribution >= 4 is 6.29 Å². The van der Waals surface area contributed by atoms with Crippen molar-refractivity contribution in [2.45, 2.75) is 39.0 Å². The molecule has 0 bridgehead atoms. The zero-order valence-electron chi connectivity index (χ0n) is 7.75. The Bertz CT molecular complexity index is 145. The molecule has 0 rings (SSSR count). The second kappa shape index (κ2) is 10.2. The van der Waals surface area contributed by atoms with Crippen molar-refractivity contribution in [1.82, 2.24) is 0 Å². The van der Waals surface area contributed by atoms with Gasteiger partial charge in [-0.15, -0.1) is 0 Å². The molecule has 0 atom stereocenters. The molecule has 0 aliphatic carbocycles. The van der Waals surface area contributed by atoms with Crippen LogP contribution in [0.25, 0.3) is 0 Å². The van der Waals surface area contributed by atoms with Crippen molar-refractivity contribution in [3.05, 3.63) is 24.3 Å². The quantitative estimate of drug-likeness (QED) is 0.321. The summed E-state index contributed by atoms with van der Waals surface area (Å²) in [4.78, 5) is 9.75. The topological polar surface area (TPSA) is 17.1 Å². The van der Waals surface area contributed by atoms with Gasteiger partial charge in [-0.2, -0.15) is 0 Å². The maximum absolute atomic E-state index is 9.75. The molecule has 0 aromatic heterocycles. The zero-order chi connectivity index (χ0) is 9.07. The van der Waals surface area contributed by atoms with E-state index in [9.17, 15) is 4.79 Å². The summed E-state index contributed by atoms with van der Waals surface area (Å²) in [6.45, 7) is 2.19. The van der Waals surface area contributed by atoms with Crippen molar-refractivity contribution < 1.29 is 4.79 Å². The van der Waals surface area contributed by atoms with Crippen LogP contribution in [-0.4, -0.2) is 6.29 Å². The fraction of sp³-hybridized carbons (Fsp3) is 0.545. The van der Waals surface area contributed by atoms with Gasteiger partial charge in [-0.25, -0.2) is 0 Å². The Balaban J connectivity index is 3.12. The minimum absolute atomic E-state index is 0.942. The molecule has 0 fully saturated rings. The molecule has 12 heavy (non-hydrogen) atoms. The minimum Gasteiger partial charge on any atom is -0.286 e. The maximum Gasteiger partial charge on any atom is 0.225 e. The molecule has 1 radical (unpaired) electrons. The van der Waals surface area contributed by atoms with E-state index in [0.29, 0.717) is 0 Å². The lowest BCUT2D eigenvalue weighted by molar-refractivity contribution is 0.564. The van der Waals surface area contributed by atoms with E-state index in [1.54, 1.807) is 6.29 Å². The van der Waals surface area contributed by atoms with Gasteiger partial charge in [-0.05, 0) is 25.3 Å². The third-order valence-corrected chi connectivity index (χ3v) is 1.58. The predicted octanol–water partition coefficient (Wildman–Crippen LogP) is 3.18. The molecule has 67 valence electrons. The van der Waals surface area contributed by atoms with Crippen LogP contribution in [0.1, 0.15) is 39.0 Å². The van der Waals surface area contributed by atoms with Crippen molar-refractivity contribution in [3.8, 4) is 0 Å². The second-order valence-corrected chi connectivity index (χ2v) is 2.71. The first-order valence-electron chi connectivity index (χ1n) is 4.59. The number of hydrogen-bond acceptors (Lipinski definition) is 1. The fourth-order valence-electron chi connectivity index (χ4n) is 0.882. The second-order valence-electron chi connectivity index (χ2n) is 2.71. The van der Waals surface area contributed by atoms with Crippen LogP contribution in [0.2, 0.25) is 0 Å². The summed E-state index contributed by atoms with van der Waals surface area (Å²) >= 11 is 0. The van der Waals surface area contributed by atoms with Crippen LogP contribution in [0.5, 0.6) is 0 Å². The van der Waals surface area contributed by atoms with Gasteiger partial charge in [0.15, 0.2) is 0 Å². The monoisotopic (exact) mass is 165 g/mol. The summed E-state index contributed by atoms with van der Waals surface area (Å²) < 4.78 is 0. The smallest absolute Gasteiger partial charge is 0.225 e. The molecule has 0 aromatic carbocycles. The van der Waals surface area contributed by atoms with Crippen LogP contribution in [0.4, 0.5) is 0 Å². The number of hydrogen-bond donors (Lipinski definition) is 0. The van der Waals surface area contributed by atoms with E-state index in [-0.39, 0.29) is 0 Å². The average Bonchev–Trinajstić information content (AvgIpc) is 2.10. The minimum atomic E-state index is 0.942. The number of carbonyl (C=O) groups excluding carboxylic acids is 1.